The largest absolute Gasteiger partial charge is 0.494 e. The summed E-state index contributed by atoms with van der Waals surface area (Å²) in [6.45, 7) is 2.86. The lowest BCUT2D eigenvalue weighted by Crippen LogP contribution is -2.13. The Morgan fingerprint density at radius 3 is 1.71 bits per heavy atom. The number of carbonyl (C=O) groups excluding carboxylic acids is 1. The Hall–Kier alpha value is -3.35. The van der Waals surface area contributed by atoms with Gasteiger partial charge in [0.25, 0.3) is 5.91 Å². The fourth-order valence-corrected chi connectivity index (χ4v) is 3.63. The number of unbranched alkanes of at least 4 members (excludes halogenated alkanes) is 9. The molecule has 0 saturated carbocycles. The van der Waals surface area contributed by atoms with Gasteiger partial charge in [0, 0.05) is 11.3 Å². The smallest absolute Gasteiger partial charge is 0.335 e. The second-order valence-corrected chi connectivity index (χ2v) is 8.42. The Bertz CT molecular complexity index is 906. The molecule has 0 unspecified atom stereocenters. The Morgan fingerprint density at radius 2 is 1.21 bits per heavy atom. The summed E-state index contributed by atoms with van der Waals surface area (Å²) in [6.07, 6.45) is 12.6. The summed E-state index contributed by atoms with van der Waals surface area (Å²) < 4.78 is 5.75. The van der Waals surface area contributed by atoms with E-state index in [4.69, 9.17) is 14.9 Å². The van der Waals surface area contributed by atoms with Crippen LogP contribution < -0.4 is 10.1 Å². The van der Waals surface area contributed by atoms with Gasteiger partial charge in [-0.15, -0.1) is 0 Å². The lowest BCUT2D eigenvalue weighted by atomic mass is 10.1. The minimum absolute atomic E-state index is 0.101. The molecule has 0 radical (unpaired) electrons. The maximum absolute atomic E-state index is 12.5. The number of nitrogens with one attached hydrogen (secondary N) is 1. The third kappa shape index (κ3) is 9.65. The molecule has 184 valence electrons. The second kappa shape index (κ2) is 14.7. The molecule has 0 aliphatic rings. The monoisotopic (exact) mass is 469 g/mol. The predicted octanol–water partition coefficient (Wildman–Crippen LogP) is 6.64. The summed E-state index contributed by atoms with van der Waals surface area (Å²) in [7, 11) is 0. The van der Waals surface area contributed by atoms with Gasteiger partial charge in [0.1, 0.15) is 5.75 Å². The zero-order chi connectivity index (χ0) is 24.8. The SMILES string of the molecule is CCCCCCCCCCCCOc1ccc(C(=O)Nc2cc(C(=O)O)cc(C(=O)O)c2)cc1. The van der Waals surface area contributed by atoms with Crippen molar-refractivity contribution >= 4 is 23.5 Å². The highest BCUT2D eigenvalue weighted by Crippen LogP contribution is 2.18. The summed E-state index contributed by atoms with van der Waals surface area (Å²) >= 11 is 0. The van der Waals surface area contributed by atoms with Crippen LogP contribution in [0.3, 0.4) is 0 Å². The van der Waals surface area contributed by atoms with E-state index in [0.717, 1.165) is 18.9 Å². The van der Waals surface area contributed by atoms with E-state index < -0.39 is 17.8 Å². The van der Waals surface area contributed by atoms with Gasteiger partial charge in [-0.2, -0.15) is 0 Å². The topological polar surface area (TPSA) is 113 Å². The Labute approximate surface area is 201 Å². The van der Waals surface area contributed by atoms with Crippen LogP contribution >= 0.6 is 0 Å². The summed E-state index contributed by atoms with van der Waals surface area (Å²) in [6, 6.07) is 10.1. The van der Waals surface area contributed by atoms with Crippen molar-refractivity contribution in [1.29, 1.82) is 0 Å². The second-order valence-electron chi connectivity index (χ2n) is 8.42. The van der Waals surface area contributed by atoms with Gasteiger partial charge >= 0.3 is 11.9 Å². The lowest BCUT2D eigenvalue weighted by Gasteiger charge is -2.09. The molecule has 2 aromatic rings. The quantitative estimate of drug-likeness (QED) is 0.238. The van der Waals surface area contributed by atoms with E-state index in [-0.39, 0.29) is 16.8 Å². The number of benzene rings is 2. The lowest BCUT2D eigenvalue weighted by molar-refractivity contribution is 0.0696. The number of carboxylic acid groups (broad SMARTS) is 2. The maximum atomic E-state index is 12.5. The molecule has 7 nitrogen and oxygen atoms in total. The molecule has 0 aromatic heterocycles. The first-order chi connectivity index (χ1) is 16.4. The van der Waals surface area contributed by atoms with Gasteiger partial charge in [0.05, 0.1) is 17.7 Å². The first-order valence-electron chi connectivity index (χ1n) is 12.1. The van der Waals surface area contributed by atoms with E-state index in [1.165, 1.54) is 63.5 Å². The molecule has 0 saturated heterocycles. The van der Waals surface area contributed by atoms with Crippen molar-refractivity contribution < 1.29 is 29.3 Å². The summed E-state index contributed by atoms with van der Waals surface area (Å²) in [5, 5.41) is 20.9. The minimum Gasteiger partial charge on any atom is -0.494 e. The van der Waals surface area contributed by atoms with Gasteiger partial charge in [-0.3, -0.25) is 4.79 Å². The number of carbonyl (C=O) groups is 3. The number of carboxylic acids is 2. The van der Waals surface area contributed by atoms with Gasteiger partial charge in [0.2, 0.25) is 0 Å². The molecular weight excluding hydrogens is 434 g/mol. The van der Waals surface area contributed by atoms with Gasteiger partial charge in [-0.05, 0) is 48.9 Å². The first-order valence-corrected chi connectivity index (χ1v) is 12.1. The van der Waals surface area contributed by atoms with Crippen LogP contribution in [0.5, 0.6) is 5.75 Å². The number of aromatic carboxylic acids is 2. The van der Waals surface area contributed by atoms with E-state index in [1.807, 2.05) is 0 Å². The zero-order valence-electron chi connectivity index (χ0n) is 19.8. The fraction of sp³-hybridized carbons (Fsp3) is 0.444. The van der Waals surface area contributed by atoms with Gasteiger partial charge < -0.3 is 20.3 Å². The summed E-state index contributed by atoms with van der Waals surface area (Å²) in [5.41, 5.74) is 0.0179. The molecule has 0 aliphatic heterocycles. The molecule has 0 bridgehead atoms. The molecule has 2 rings (SSSR count). The van der Waals surface area contributed by atoms with Crippen LogP contribution in [-0.2, 0) is 0 Å². The van der Waals surface area contributed by atoms with Crippen molar-refractivity contribution in [3.63, 3.8) is 0 Å². The molecule has 7 heteroatoms. The molecule has 1 amide bonds. The van der Waals surface area contributed by atoms with Crippen LogP contribution in [0.4, 0.5) is 5.69 Å². The number of ether oxygens (including phenoxy) is 1. The Kier molecular flexibility index (Phi) is 11.7. The van der Waals surface area contributed by atoms with Crippen LogP contribution in [0.1, 0.15) is 102 Å². The first kappa shape index (κ1) is 26.9. The molecule has 3 N–H and O–H groups in total. The molecule has 0 atom stereocenters. The summed E-state index contributed by atoms with van der Waals surface area (Å²) in [5.74, 6) is -2.35. The molecule has 2 aromatic carbocycles. The molecule has 0 heterocycles. The number of anilines is 1. The third-order valence-electron chi connectivity index (χ3n) is 5.57. The summed E-state index contributed by atoms with van der Waals surface area (Å²) in [4.78, 5) is 34.9. The number of rotatable bonds is 16. The minimum atomic E-state index is -1.28. The van der Waals surface area contributed by atoms with Gasteiger partial charge in [0.15, 0.2) is 0 Å². The van der Waals surface area contributed by atoms with Gasteiger partial charge in [-0.25, -0.2) is 9.59 Å². The van der Waals surface area contributed by atoms with E-state index >= 15 is 0 Å². The van der Waals surface area contributed by atoms with Crippen LogP contribution in [0.25, 0.3) is 0 Å². The Morgan fingerprint density at radius 1 is 0.706 bits per heavy atom. The molecular formula is C27H35NO6. The average Bonchev–Trinajstić information content (AvgIpc) is 2.82. The maximum Gasteiger partial charge on any atom is 0.335 e. The van der Waals surface area contributed by atoms with Crippen LogP contribution in [0.15, 0.2) is 42.5 Å². The van der Waals surface area contributed by atoms with Crippen molar-refractivity contribution in [3.05, 3.63) is 59.2 Å². The average molecular weight is 470 g/mol. The van der Waals surface area contributed by atoms with Crippen molar-refractivity contribution in [2.75, 3.05) is 11.9 Å². The van der Waals surface area contributed by atoms with Crippen LogP contribution in [0, 0.1) is 0 Å². The van der Waals surface area contributed by atoms with Gasteiger partial charge in [-0.1, -0.05) is 64.7 Å². The highest BCUT2D eigenvalue weighted by molar-refractivity contribution is 6.05. The van der Waals surface area contributed by atoms with Crippen LogP contribution in [-0.4, -0.2) is 34.7 Å². The molecule has 0 aliphatic carbocycles. The van der Waals surface area contributed by atoms with Crippen molar-refractivity contribution in [3.8, 4) is 5.75 Å². The standard InChI is InChI=1S/C27H35NO6/c1-2-3-4-5-6-7-8-9-10-11-16-34-24-14-12-20(13-15-24)25(29)28-23-18-21(26(30)31)17-22(19-23)27(32)33/h12-15,17-19H,2-11,16H2,1H3,(H,28,29)(H,30,31)(H,32,33). The highest BCUT2D eigenvalue weighted by Gasteiger charge is 2.14. The van der Waals surface area contributed by atoms with Crippen molar-refractivity contribution in [2.45, 2.75) is 71.1 Å². The normalized spacial score (nSPS) is 10.6. The van der Waals surface area contributed by atoms with E-state index in [2.05, 4.69) is 12.2 Å². The van der Waals surface area contributed by atoms with Crippen LogP contribution in [0.2, 0.25) is 0 Å². The zero-order valence-corrected chi connectivity index (χ0v) is 19.8. The van der Waals surface area contributed by atoms with E-state index in [1.54, 1.807) is 24.3 Å². The number of amides is 1. The number of hydrogen-bond donors (Lipinski definition) is 3. The molecule has 0 spiro atoms. The van der Waals surface area contributed by atoms with Crippen molar-refractivity contribution in [2.24, 2.45) is 0 Å². The Balaban J connectivity index is 1.74. The molecule has 34 heavy (non-hydrogen) atoms. The third-order valence-corrected chi connectivity index (χ3v) is 5.57. The predicted molar refractivity (Wildman–Crippen MR) is 132 cm³/mol. The number of hydrogen-bond acceptors (Lipinski definition) is 4. The molecule has 0 fully saturated rings. The highest BCUT2D eigenvalue weighted by atomic mass is 16.5. The van der Waals surface area contributed by atoms with E-state index in [9.17, 15) is 14.4 Å². The fourth-order valence-electron chi connectivity index (χ4n) is 3.63. The van der Waals surface area contributed by atoms with Crippen molar-refractivity contribution in [1.82, 2.24) is 0 Å². The van der Waals surface area contributed by atoms with E-state index in [0.29, 0.717) is 17.9 Å².